The van der Waals surface area contributed by atoms with E-state index < -0.39 is 10.0 Å². The Bertz CT molecular complexity index is 1170. The first kappa shape index (κ1) is 24.2. The van der Waals surface area contributed by atoms with Crippen LogP contribution in [0.25, 0.3) is 0 Å². The van der Waals surface area contributed by atoms with Crippen LogP contribution < -0.4 is 5.32 Å². The lowest BCUT2D eigenvalue weighted by Crippen LogP contribution is -2.41. The number of benzene rings is 2. The molecule has 0 aliphatic carbocycles. The van der Waals surface area contributed by atoms with Crippen LogP contribution in [0.15, 0.2) is 47.4 Å². The molecule has 2 N–H and O–H groups in total. The number of carbonyl (C=O) groups excluding carboxylic acids is 2. The number of amides is 2. The zero-order valence-electron chi connectivity index (χ0n) is 19.1. The molecule has 2 amide bonds. The average Bonchev–Trinajstić information content (AvgIpc) is 2.85. The third kappa shape index (κ3) is 5.08. The number of nitrogens with one attached hydrogen (secondary N) is 1. The first-order valence-corrected chi connectivity index (χ1v) is 12.8. The molecule has 0 unspecified atom stereocenters. The molecule has 2 aliphatic heterocycles. The number of piperidine rings is 1. The number of ether oxygens (including phenoxy) is 1. The van der Waals surface area contributed by atoms with E-state index in [9.17, 15) is 23.1 Å². The Balaban J connectivity index is 1.40. The quantitative estimate of drug-likeness (QED) is 0.625. The molecule has 4 rings (SSSR count). The van der Waals surface area contributed by atoms with E-state index in [-0.39, 0.29) is 47.2 Å². The normalized spacial score (nSPS) is 18.0. The number of hydrogen-bond donors (Lipinski definition) is 2. The number of rotatable bonds is 5. The number of sulfonamides is 1. The van der Waals surface area contributed by atoms with Gasteiger partial charge in [-0.2, -0.15) is 4.31 Å². The summed E-state index contributed by atoms with van der Waals surface area (Å²) in [4.78, 5) is 27.4. The van der Waals surface area contributed by atoms with Gasteiger partial charge in [0.15, 0.2) is 0 Å². The van der Waals surface area contributed by atoms with E-state index in [1.54, 1.807) is 11.0 Å². The summed E-state index contributed by atoms with van der Waals surface area (Å²) in [6, 6.07) is 11.3. The van der Waals surface area contributed by atoms with E-state index in [2.05, 4.69) is 5.32 Å². The molecule has 182 valence electrons. The number of anilines is 1. The van der Waals surface area contributed by atoms with E-state index >= 15 is 0 Å². The number of phenolic OH excluding ortho intramolecular Hbond substituents is 1. The van der Waals surface area contributed by atoms with Crippen LogP contribution in [0.2, 0.25) is 0 Å². The van der Waals surface area contributed by atoms with E-state index in [1.165, 1.54) is 22.5 Å². The molecule has 2 fully saturated rings. The van der Waals surface area contributed by atoms with Gasteiger partial charge in [0.1, 0.15) is 5.75 Å². The zero-order valence-corrected chi connectivity index (χ0v) is 19.9. The Morgan fingerprint density at radius 3 is 2.38 bits per heavy atom. The third-order valence-corrected chi connectivity index (χ3v) is 8.26. The van der Waals surface area contributed by atoms with Gasteiger partial charge in [-0.25, -0.2) is 8.42 Å². The molecule has 2 saturated heterocycles. The summed E-state index contributed by atoms with van der Waals surface area (Å²) in [5.74, 6) is -0.906. The second-order valence-electron chi connectivity index (χ2n) is 8.57. The number of morpholine rings is 1. The third-order valence-electron chi connectivity index (χ3n) is 6.36. The van der Waals surface area contributed by atoms with Crippen molar-refractivity contribution in [3.8, 4) is 5.75 Å². The monoisotopic (exact) mass is 487 g/mol. The van der Waals surface area contributed by atoms with Gasteiger partial charge in [0, 0.05) is 37.7 Å². The van der Waals surface area contributed by atoms with E-state index in [0.717, 1.165) is 5.56 Å². The molecule has 2 aromatic rings. The fourth-order valence-corrected chi connectivity index (χ4v) is 5.71. The van der Waals surface area contributed by atoms with Crippen molar-refractivity contribution in [2.24, 2.45) is 5.92 Å². The summed E-state index contributed by atoms with van der Waals surface area (Å²) < 4.78 is 32.4. The maximum Gasteiger partial charge on any atom is 0.254 e. The molecule has 0 atom stereocenters. The molecular formula is C24H29N3O6S. The Kier molecular flexibility index (Phi) is 7.20. The Morgan fingerprint density at radius 2 is 1.71 bits per heavy atom. The van der Waals surface area contributed by atoms with Crippen molar-refractivity contribution >= 4 is 27.5 Å². The van der Waals surface area contributed by atoms with Gasteiger partial charge in [-0.15, -0.1) is 0 Å². The highest BCUT2D eigenvalue weighted by atomic mass is 32.2. The number of phenols is 1. The predicted molar refractivity (Wildman–Crippen MR) is 126 cm³/mol. The van der Waals surface area contributed by atoms with E-state index in [1.807, 2.05) is 25.1 Å². The summed E-state index contributed by atoms with van der Waals surface area (Å²) in [6.45, 7) is 3.95. The number of aromatic hydroxyl groups is 1. The molecule has 0 radical (unpaired) electrons. The highest BCUT2D eigenvalue weighted by Gasteiger charge is 2.30. The fourth-order valence-electron chi connectivity index (χ4n) is 4.27. The van der Waals surface area contributed by atoms with Gasteiger partial charge in [0.05, 0.1) is 23.8 Å². The second kappa shape index (κ2) is 10.1. The van der Waals surface area contributed by atoms with Gasteiger partial charge in [-0.05, 0) is 49.6 Å². The van der Waals surface area contributed by atoms with Crippen LogP contribution in [-0.2, 0) is 19.6 Å². The molecule has 2 aromatic carbocycles. The van der Waals surface area contributed by atoms with E-state index in [4.69, 9.17) is 4.74 Å². The average molecular weight is 488 g/mol. The van der Waals surface area contributed by atoms with Gasteiger partial charge >= 0.3 is 0 Å². The van der Waals surface area contributed by atoms with Crippen molar-refractivity contribution in [1.82, 2.24) is 9.21 Å². The van der Waals surface area contributed by atoms with Crippen LogP contribution in [0, 0.1) is 12.8 Å². The molecule has 2 aliphatic rings. The minimum absolute atomic E-state index is 0.00106. The minimum Gasteiger partial charge on any atom is -0.506 e. The lowest BCUT2D eigenvalue weighted by molar-refractivity contribution is -0.121. The summed E-state index contributed by atoms with van der Waals surface area (Å²) in [6.07, 6.45) is 0.964. The highest BCUT2D eigenvalue weighted by Crippen LogP contribution is 2.30. The number of hydrogen-bond acceptors (Lipinski definition) is 6. The largest absolute Gasteiger partial charge is 0.506 e. The van der Waals surface area contributed by atoms with Gasteiger partial charge in [0.2, 0.25) is 15.9 Å². The van der Waals surface area contributed by atoms with Gasteiger partial charge in [-0.1, -0.05) is 18.2 Å². The summed E-state index contributed by atoms with van der Waals surface area (Å²) in [5.41, 5.74) is 1.63. The van der Waals surface area contributed by atoms with Crippen molar-refractivity contribution in [2.45, 2.75) is 24.7 Å². The molecule has 0 bridgehead atoms. The zero-order chi connectivity index (χ0) is 24.3. The highest BCUT2D eigenvalue weighted by molar-refractivity contribution is 7.89. The maximum atomic E-state index is 12.9. The van der Waals surface area contributed by atoms with Crippen LogP contribution in [-0.4, -0.2) is 73.9 Å². The molecular weight excluding hydrogens is 458 g/mol. The predicted octanol–water partition coefficient (Wildman–Crippen LogP) is 2.21. The first-order chi connectivity index (χ1) is 16.3. The smallest absolute Gasteiger partial charge is 0.254 e. The number of carbonyl (C=O) groups is 2. The van der Waals surface area contributed by atoms with Crippen molar-refractivity contribution in [2.75, 3.05) is 44.7 Å². The molecule has 10 heteroatoms. The fraction of sp³-hybridized carbons (Fsp3) is 0.417. The van der Waals surface area contributed by atoms with Crippen molar-refractivity contribution < 1.29 is 27.9 Å². The SMILES string of the molecule is Cc1ccccc1C(=O)N1CCC(C(=O)Nc2cc(S(=O)(=O)N3CCOCC3)ccc2O)CC1. The van der Waals surface area contributed by atoms with Gasteiger partial charge in [-0.3, -0.25) is 9.59 Å². The van der Waals surface area contributed by atoms with Crippen LogP contribution in [0.3, 0.4) is 0 Å². The topological polar surface area (TPSA) is 116 Å². The lowest BCUT2D eigenvalue weighted by atomic mass is 9.95. The molecule has 0 spiro atoms. The van der Waals surface area contributed by atoms with Crippen LogP contribution in [0.1, 0.15) is 28.8 Å². The van der Waals surface area contributed by atoms with Gasteiger partial charge < -0.3 is 20.1 Å². The molecule has 9 nitrogen and oxygen atoms in total. The van der Waals surface area contributed by atoms with Crippen molar-refractivity contribution in [3.05, 3.63) is 53.6 Å². The molecule has 34 heavy (non-hydrogen) atoms. The Morgan fingerprint density at radius 1 is 1.03 bits per heavy atom. The summed E-state index contributed by atoms with van der Waals surface area (Å²) in [7, 11) is -3.76. The van der Waals surface area contributed by atoms with Crippen LogP contribution in [0.5, 0.6) is 5.75 Å². The standard InChI is InChI=1S/C24H29N3O6S/c1-17-4-2-3-5-20(17)24(30)26-10-8-18(9-11-26)23(29)25-21-16-19(6-7-22(21)28)34(31,32)27-12-14-33-15-13-27/h2-7,16,18,28H,8-15H2,1H3,(H,25,29). The molecule has 2 heterocycles. The minimum atomic E-state index is -3.76. The van der Waals surface area contributed by atoms with E-state index in [0.29, 0.717) is 44.7 Å². The summed E-state index contributed by atoms with van der Waals surface area (Å²) >= 11 is 0. The Labute approximate surface area is 199 Å². The number of aryl methyl sites for hydroxylation is 1. The second-order valence-corrected chi connectivity index (χ2v) is 10.5. The number of nitrogens with zero attached hydrogens (tertiary/aromatic N) is 2. The first-order valence-electron chi connectivity index (χ1n) is 11.3. The Hall–Kier alpha value is -2.95. The van der Waals surface area contributed by atoms with Gasteiger partial charge in [0.25, 0.3) is 5.91 Å². The van der Waals surface area contributed by atoms with Crippen molar-refractivity contribution in [3.63, 3.8) is 0 Å². The molecule has 0 saturated carbocycles. The van der Waals surface area contributed by atoms with Crippen LogP contribution >= 0.6 is 0 Å². The number of likely N-dealkylation sites (tertiary alicyclic amines) is 1. The lowest BCUT2D eigenvalue weighted by Gasteiger charge is -2.31. The van der Waals surface area contributed by atoms with Crippen LogP contribution in [0.4, 0.5) is 5.69 Å². The molecule has 0 aromatic heterocycles. The maximum absolute atomic E-state index is 12.9. The summed E-state index contributed by atoms with van der Waals surface area (Å²) in [5, 5.41) is 12.9. The van der Waals surface area contributed by atoms with Crippen molar-refractivity contribution in [1.29, 1.82) is 0 Å².